The van der Waals surface area contributed by atoms with Crippen LogP contribution in [0.15, 0.2) is 24.3 Å². The Morgan fingerprint density at radius 1 is 1.24 bits per heavy atom. The van der Waals surface area contributed by atoms with Gasteiger partial charge >= 0.3 is 0 Å². The van der Waals surface area contributed by atoms with Gasteiger partial charge in [-0.1, -0.05) is 39.0 Å². The van der Waals surface area contributed by atoms with E-state index in [2.05, 4.69) is 26.1 Å². The van der Waals surface area contributed by atoms with Crippen LogP contribution in [-0.2, 0) is 15.0 Å². The van der Waals surface area contributed by atoms with Crippen molar-refractivity contribution in [3.8, 4) is 0 Å². The second-order valence-corrected chi connectivity index (χ2v) is 6.72. The third-order valence-electron chi connectivity index (χ3n) is 3.72. The van der Waals surface area contributed by atoms with Crippen LogP contribution in [-0.4, -0.2) is 29.3 Å². The first-order valence-electron chi connectivity index (χ1n) is 7.45. The van der Waals surface area contributed by atoms with Crippen molar-refractivity contribution in [1.29, 1.82) is 0 Å². The van der Waals surface area contributed by atoms with Crippen molar-refractivity contribution in [2.24, 2.45) is 0 Å². The summed E-state index contributed by atoms with van der Waals surface area (Å²) in [6.07, 6.45) is 2.01. The van der Waals surface area contributed by atoms with Crippen LogP contribution in [0.3, 0.4) is 0 Å². The Morgan fingerprint density at radius 3 is 2.38 bits per heavy atom. The number of benzene rings is 1. The minimum absolute atomic E-state index is 0.0308. The number of amides is 2. The van der Waals surface area contributed by atoms with E-state index >= 15 is 0 Å². The smallest absolute Gasteiger partial charge is 0.244 e. The van der Waals surface area contributed by atoms with E-state index in [1.54, 1.807) is 4.90 Å². The molecule has 1 N–H and O–H groups in total. The predicted octanol–water partition coefficient (Wildman–Crippen LogP) is 2.93. The fourth-order valence-corrected chi connectivity index (χ4v) is 2.47. The molecule has 1 aliphatic carbocycles. The van der Waals surface area contributed by atoms with Gasteiger partial charge < -0.3 is 10.2 Å². The molecule has 1 aliphatic rings. The molecule has 4 nitrogen and oxygen atoms in total. The van der Waals surface area contributed by atoms with Gasteiger partial charge in [-0.3, -0.25) is 9.59 Å². The highest BCUT2D eigenvalue weighted by atomic mass is 16.2. The largest absolute Gasteiger partial charge is 0.331 e. The number of carbonyl (C=O) groups is 2. The molecule has 21 heavy (non-hydrogen) atoms. The van der Waals surface area contributed by atoms with Gasteiger partial charge in [-0.2, -0.15) is 0 Å². The molecule has 0 spiro atoms. The fraction of sp³-hybridized carbons (Fsp3) is 0.529. The lowest BCUT2D eigenvalue weighted by Crippen LogP contribution is -2.38. The molecule has 0 radical (unpaired) electrons. The van der Waals surface area contributed by atoms with Gasteiger partial charge in [0.05, 0.1) is 0 Å². The number of hydrogen-bond acceptors (Lipinski definition) is 2. The van der Waals surface area contributed by atoms with Crippen LogP contribution in [0.2, 0.25) is 0 Å². The molecule has 0 atom stereocenters. The van der Waals surface area contributed by atoms with Crippen molar-refractivity contribution < 1.29 is 9.59 Å². The van der Waals surface area contributed by atoms with Crippen LogP contribution in [0.1, 0.15) is 46.1 Å². The standard InChI is InChI=1S/C17H24N2O2/c1-12(20)19(13-9-10-13)11-16(21)18-15-8-6-5-7-14(15)17(2,3)4/h5-8,13H,9-11H2,1-4H3,(H,18,21). The Hall–Kier alpha value is -1.84. The number of nitrogens with one attached hydrogen (secondary N) is 1. The van der Waals surface area contributed by atoms with Crippen molar-refractivity contribution >= 4 is 17.5 Å². The summed E-state index contributed by atoms with van der Waals surface area (Å²) in [4.78, 5) is 25.5. The third-order valence-corrected chi connectivity index (χ3v) is 3.72. The minimum atomic E-state index is -0.131. The Bertz CT molecular complexity index is 542. The van der Waals surface area contributed by atoms with Crippen LogP contribution in [0.25, 0.3) is 0 Å². The van der Waals surface area contributed by atoms with E-state index in [4.69, 9.17) is 0 Å². The summed E-state index contributed by atoms with van der Waals surface area (Å²) in [5.41, 5.74) is 1.88. The lowest BCUT2D eigenvalue weighted by atomic mass is 9.86. The molecule has 114 valence electrons. The van der Waals surface area contributed by atoms with E-state index in [0.717, 1.165) is 24.1 Å². The molecule has 0 saturated heterocycles. The summed E-state index contributed by atoms with van der Waals surface area (Å²) >= 11 is 0. The van der Waals surface area contributed by atoms with Gasteiger partial charge in [-0.25, -0.2) is 0 Å². The first-order valence-corrected chi connectivity index (χ1v) is 7.45. The Morgan fingerprint density at radius 2 is 1.86 bits per heavy atom. The highest BCUT2D eigenvalue weighted by Crippen LogP contribution is 2.30. The third kappa shape index (κ3) is 4.06. The number of carbonyl (C=O) groups excluding carboxylic acids is 2. The summed E-state index contributed by atoms with van der Waals surface area (Å²) in [6, 6.07) is 8.08. The molecule has 1 fully saturated rings. The highest BCUT2D eigenvalue weighted by molar-refractivity contribution is 5.95. The zero-order valence-electron chi connectivity index (χ0n) is 13.3. The zero-order valence-corrected chi connectivity index (χ0v) is 13.3. The van der Waals surface area contributed by atoms with Crippen LogP contribution >= 0.6 is 0 Å². The molecule has 2 rings (SSSR count). The Kier molecular flexibility index (Phi) is 4.35. The SMILES string of the molecule is CC(=O)N(CC(=O)Nc1ccccc1C(C)(C)C)C1CC1. The number of nitrogens with zero attached hydrogens (tertiary/aromatic N) is 1. The maximum atomic E-state index is 12.2. The van der Waals surface area contributed by atoms with Crippen LogP contribution in [0.5, 0.6) is 0 Å². The predicted molar refractivity (Wildman–Crippen MR) is 84.2 cm³/mol. The Balaban J connectivity index is 2.08. The highest BCUT2D eigenvalue weighted by Gasteiger charge is 2.32. The van der Waals surface area contributed by atoms with E-state index in [0.29, 0.717) is 0 Å². The van der Waals surface area contributed by atoms with E-state index in [1.807, 2.05) is 24.3 Å². The number of para-hydroxylation sites is 1. The fourth-order valence-electron chi connectivity index (χ4n) is 2.47. The molecular formula is C17H24N2O2. The quantitative estimate of drug-likeness (QED) is 0.926. The molecular weight excluding hydrogens is 264 g/mol. The summed E-state index contributed by atoms with van der Waals surface area (Å²) < 4.78 is 0. The molecule has 1 aromatic carbocycles. The van der Waals surface area contributed by atoms with Crippen molar-refractivity contribution in [3.63, 3.8) is 0 Å². The van der Waals surface area contributed by atoms with Gasteiger partial charge in [0.15, 0.2) is 0 Å². The molecule has 4 heteroatoms. The first-order chi connectivity index (χ1) is 9.79. The van der Waals surface area contributed by atoms with E-state index in [-0.39, 0.29) is 29.8 Å². The van der Waals surface area contributed by atoms with Crippen molar-refractivity contribution in [3.05, 3.63) is 29.8 Å². The van der Waals surface area contributed by atoms with Gasteiger partial charge in [0.2, 0.25) is 11.8 Å². The van der Waals surface area contributed by atoms with Crippen molar-refractivity contribution in [2.45, 2.75) is 52.0 Å². The molecule has 0 aromatic heterocycles. The van der Waals surface area contributed by atoms with E-state index in [9.17, 15) is 9.59 Å². The first kappa shape index (κ1) is 15.5. The minimum Gasteiger partial charge on any atom is -0.331 e. The average Bonchev–Trinajstić information content (AvgIpc) is 3.19. The van der Waals surface area contributed by atoms with Gasteiger partial charge in [-0.15, -0.1) is 0 Å². The number of hydrogen-bond donors (Lipinski definition) is 1. The maximum Gasteiger partial charge on any atom is 0.244 e. The van der Waals surface area contributed by atoms with Crippen LogP contribution in [0, 0.1) is 0 Å². The van der Waals surface area contributed by atoms with Gasteiger partial charge in [0, 0.05) is 18.7 Å². The molecule has 1 saturated carbocycles. The molecule has 1 aromatic rings. The number of anilines is 1. The molecule has 2 amide bonds. The van der Waals surface area contributed by atoms with Gasteiger partial charge in [-0.05, 0) is 29.9 Å². The second-order valence-electron chi connectivity index (χ2n) is 6.72. The zero-order chi connectivity index (χ0) is 15.6. The molecule has 0 aliphatic heterocycles. The lowest BCUT2D eigenvalue weighted by Gasteiger charge is -2.24. The summed E-state index contributed by atoms with van der Waals surface area (Å²) in [5, 5.41) is 2.95. The maximum absolute atomic E-state index is 12.2. The normalized spacial score (nSPS) is 14.7. The summed E-state index contributed by atoms with van der Waals surface area (Å²) in [7, 11) is 0. The molecule has 0 unspecified atom stereocenters. The summed E-state index contributed by atoms with van der Waals surface area (Å²) in [6.45, 7) is 8.01. The van der Waals surface area contributed by atoms with Crippen LogP contribution in [0.4, 0.5) is 5.69 Å². The lowest BCUT2D eigenvalue weighted by molar-refractivity contribution is -0.133. The average molecular weight is 288 g/mol. The van der Waals surface area contributed by atoms with E-state index < -0.39 is 0 Å². The van der Waals surface area contributed by atoms with Crippen molar-refractivity contribution in [2.75, 3.05) is 11.9 Å². The Labute approximate surface area is 126 Å². The molecule has 0 heterocycles. The number of rotatable bonds is 4. The van der Waals surface area contributed by atoms with Gasteiger partial charge in [0.25, 0.3) is 0 Å². The van der Waals surface area contributed by atoms with Gasteiger partial charge in [0.1, 0.15) is 6.54 Å². The molecule has 0 bridgehead atoms. The second kappa shape index (κ2) is 5.88. The summed E-state index contributed by atoms with van der Waals surface area (Å²) in [5.74, 6) is -0.162. The van der Waals surface area contributed by atoms with Crippen molar-refractivity contribution in [1.82, 2.24) is 4.90 Å². The van der Waals surface area contributed by atoms with Crippen LogP contribution < -0.4 is 5.32 Å². The monoisotopic (exact) mass is 288 g/mol. The topological polar surface area (TPSA) is 49.4 Å². The van der Waals surface area contributed by atoms with E-state index in [1.165, 1.54) is 6.92 Å².